The molecule has 1 aromatic heterocycles. The van der Waals surface area contributed by atoms with Crippen molar-refractivity contribution in [2.75, 3.05) is 44.2 Å². The number of hydrogen-bond donors (Lipinski definition) is 3. The maximum absolute atomic E-state index is 12.9. The predicted octanol–water partition coefficient (Wildman–Crippen LogP) is 2.50. The van der Waals surface area contributed by atoms with Gasteiger partial charge in [-0.2, -0.15) is 0 Å². The maximum Gasteiger partial charge on any atom is 0.328 e. The monoisotopic (exact) mass is 498 g/mol. The van der Waals surface area contributed by atoms with Crippen LogP contribution in [0.1, 0.15) is 24.8 Å². The lowest BCUT2D eigenvalue weighted by molar-refractivity contribution is -0.134. The van der Waals surface area contributed by atoms with Crippen molar-refractivity contribution >= 4 is 29.4 Å². The quantitative estimate of drug-likeness (QED) is 0.371. The number of aliphatic imine (C=N–C) groups is 1. The molecule has 0 unspecified atom stereocenters. The summed E-state index contributed by atoms with van der Waals surface area (Å²) in [6.45, 7) is 5.86. The van der Waals surface area contributed by atoms with Crippen LogP contribution in [0, 0.1) is 5.82 Å². The average Bonchev–Trinajstić information content (AvgIpc) is 2.88. The van der Waals surface area contributed by atoms with Crippen LogP contribution in [0.2, 0.25) is 0 Å². The molecule has 2 aliphatic rings. The van der Waals surface area contributed by atoms with Gasteiger partial charge in [0, 0.05) is 51.3 Å². The van der Waals surface area contributed by atoms with Crippen LogP contribution in [-0.4, -0.2) is 82.1 Å². The molecule has 0 spiro atoms. The normalized spacial score (nSPS) is 15.5. The highest BCUT2D eigenvalue weighted by Crippen LogP contribution is 2.24. The molecular weight excluding hydrogens is 467 g/mol. The molecule has 192 valence electrons. The van der Waals surface area contributed by atoms with Crippen LogP contribution < -0.4 is 10.2 Å². The van der Waals surface area contributed by atoms with E-state index in [1.54, 1.807) is 0 Å². The van der Waals surface area contributed by atoms with Crippen molar-refractivity contribution in [3.8, 4) is 0 Å². The van der Waals surface area contributed by atoms with Crippen LogP contribution in [0.15, 0.2) is 53.8 Å². The number of hydrogen-bond acceptors (Lipinski definition) is 8. The van der Waals surface area contributed by atoms with Crippen molar-refractivity contribution in [1.82, 2.24) is 20.2 Å². The minimum atomic E-state index is -1.26. The number of rotatable bonds is 8. The number of aromatic nitrogens is 2. The number of fused-ring (bicyclic) bond motifs is 1. The lowest BCUT2D eigenvalue weighted by Gasteiger charge is -2.34. The molecule has 0 atom stereocenters. The van der Waals surface area contributed by atoms with Crippen LogP contribution in [0.25, 0.3) is 0 Å². The van der Waals surface area contributed by atoms with Gasteiger partial charge in [0.15, 0.2) is 5.82 Å². The largest absolute Gasteiger partial charge is 0.478 e. The van der Waals surface area contributed by atoms with Gasteiger partial charge in [0.25, 0.3) is 0 Å². The van der Waals surface area contributed by atoms with Gasteiger partial charge >= 0.3 is 11.9 Å². The van der Waals surface area contributed by atoms with E-state index >= 15 is 0 Å². The number of halogens is 1. The van der Waals surface area contributed by atoms with Gasteiger partial charge in [-0.3, -0.25) is 4.90 Å². The molecule has 4 rings (SSSR count). The van der Waals surface area contributed by atoms with Gasteiger partial charge < -0.3 is 20.4 Å². The van der Waals surface area contributed by atoms with E-state index in [0.29, 0.717) is 18.1 Å². The zero-order valence-corrected chi connectivity index (χ0v) is 20.0. The number of anilines is 1. The van der Waals surface area contributed by atoms with E-state index in [-0.39, 0.29) is 5.82 Å². The van der Waals surface area contributed by atoms with Crippen LogP contribution in [-0.2, 0) is 16.0 Å². The number of nitrogens with one attached hydrogen (secondary N) is 1. The first-order valence-corrected chi connectivity index (χ1v) is 11.9. The summed E-state index contributed by atoms with van der Waals surface area (Å²) in [4.78, 5) is 36.6. The highest BCUT2D eigenvalue weighted by molar-refractivity contribution is 5.89. The molecule has 0 bridgehead atoms. The summed E-state index contributed by atoms with van der Waals surface area (Å²) in [5, 5.41) is 19.1. The Morgan fingerprint density at radius 1 is 0.972 bits per heavy atom. The Labute approximate surface area is 209 Å². The summed E-state index contributed by atoms with van der Waals surface area (Å²) in [6, 6.07) is 8.39. The first-order chi connectivity index (χ1) is 17.4. The van der Waals surface area contributed by atoms with Crippen molar-refractivity contribution in [2.24, 2.45) is 4.99 Å². The molecule has 10 nitrogen and oxygen atoms in total. The zero-order valence-electron chi connectivity index (χ0n) is 20.0. The first-order valence-electron chi connectivity index (χ1n) is 11.9. The number of carboxylic acid groups (broad SMARTS) is 2. The van der Waals surface area contributed by atoms with E-state index in [0.717, 1.165) is 70.1 Å². The Morgan fingerprint density at radius 3 is 2.31 bits per heavy atom. The fraction of sp³-hybridized carbons (Fsp3) is 0.400. The second-order valence-electron chi connectivity index (χ2n) is 8.36. The third-order valence-corrected chi connectivity index (χ3v) is 5.74. The standard InChI is InChI=1S/C21H27FN6.C4H4O4/c22-18-15-24-21(25-16-18)28-13-11-27(12-14-28)10-4-3-9-23-20-8-7-17-5-1-2-6-19(17)26-20;5-3(6)1-2-4(7)8/h1-2,5-6,15-16H,3-4,7-14H2,(H,23,26);1-2H,(H,5,6)(H,7,8). The summed E-state index contributed by atoms with van der Waals surface area (Å²) in [5.41, 5.74) is 2.46. The van der Waals surface area contributed by atoms with Gasteiger partial charge in [0.05, 0.1) is 18.1 Å². The molecule has 0 saturated carbocycles. The molecular formula is C25H31FN6O4. The van der Waals surface area contributed by atoms with E-state index in [4.69, 9.17) is 15.2 Å². The predicted molar refractivity (Wildman–Crippen MR) is 134 cm³/mol. The van der Waals surface area contributed by atoms with Gasteiger partial charge in [0.2, 0.25) is 5.95 Å². The number of aryl methyl sites for hydroxylation is 1. The molecule has 2 aromatic rings. The summed E-state index contributed by atoms with van der Waals surface area (Å²) in [5.74, 6) is -1.16. The average molecular weight is 499 g/mol. The maximum atomic E-state index is 12.9. The van der Waals surface area contributed by atoms with E-state index in [1.165, 1.54) is 24.4 Å². The van der Waals surface area contributed by atoms with E-state index in [9.17, 15) is 14.0 Å². The minimum absolute atomic E-state index is 0.389. The lowest BCUT2D eigenvalue weighted by Crippen LogP contribution is -2.47. The molecule has 0 radical (unpaired) electrons. The topological polar surface area (TPSA) is 131 Å². The first kappa shape index (κ1) is 26.7. The summed E-state index contributed by atoms with van der Waals surface area (Å²) >= 11 is 0. The van der Waals surface area contributed by atoms with Gasteiger partial charge in [-0.25, -0.2) is 28.9 Å². The Morgan fingerprint density at radius 2 is 1.64 bits per heavy atom. The molecule has 3 N–H and O–H groups in total. The fourth-order valence-corrected chi connectivity index (χ4v) is 3.89. The molecule has 0 amide bonds. The molecule has 3 heterocycles. The summed E-state index contributed by atoms with van der Waals surface area (Å²) in [7, 11) is 0. The highest BCUT2D eigenvalue weighted by atomic mass is 19.1. The van der Waals surface area contributed by atoms with Crippen LogP contribution >= 0.6 is 0 Å². The lowest BCUT2D eigenvalue weighted by atomic mass is 10.0. The van der Waals surface area contributed by atoms with Crippen molar-refractivity contribution in [2.45, 2.75) is 25.7 Å². The van der Waals surface area contributed by atoms with Gasteiger partial charge in [-0.1, -0.05) is 18.2 Å². The van der Waals surface area contributed by atoms with Crippen molar-refractivity contribution in [3.63, 3.8) is 0 Å². The number of amidine groups is 1. The highest BCUT2D eigenvalue weighted by Gasteiger charge is 2.18. The molecule has 0 aliphatic carbocycles. The Balaban J connectivity index is 0.000000392. The van der Waals surface area contributed by atoms with E-state index in [1.807, 2.05) is 6.07 Å². The summed E-state index contributed by atoms with van der Waals surface area (Å²) in [6.07, 6.45) is 7.97. The molecule has 2 aliphatic heterocycles. The molecule has 36 heavy (non-hydrogen) atoms. The van der Waals surface area contributed by atoms with E-state index in [2.05, 4.69) is 43.3 Å². The Bertz CT molecular complexity index is 1050. The van der Waals surface area contributed by atoms with Gasteiger partial charge in [-0.15, -0.1) is 0 Å². The molecule has 1 fully saturated rings. The second kappa shape index (κ2) is 13.9. The number of carbonyl (C=O) groups is 2. The molecule has 11 heteroatoms. The SMILES string of the molecule is Fc1cnc(N2CCN(CCCCNC3=Nc4ccccc4CC3)CC2)nc1.O=C(O)C=CC(=O)O. The third kappa shape index (κ3) is 9.06. The van der Waals surface area contributed by atoms with E-state index < -0.39 is 11.9 Å². The second-order valence-corrected chi connectivity index (χ2v) is 8.36. The van der Waals surface area contributed by atoms with Crippen molar-refractivity contribution in [1.29, 1.82) is 0 Å². The number of piperazine rings is 1. The molecule has 1 aromatic carbocycles. The molecule has 1 saturated heterocycles. The Hall–Kier alpha value is -3.86. The number of unbranched alkanes of at least 4 members (excludes halogenated alkanes) is 1. The third-order valence-electron chi connectivity index (χ3n) is 5.74. The smallest absolute Gasteiger partial charge is 0.328 e. The van der Waals surface area contributed by atoms with Gasteiger partial charge in [0.1, 0.15) is 5.84 Å². The fourth-order valence-electron chi connectivity index (χ4n) is 3.89. The van der Waals surface area contributed by atoms with Crippen LogP contribution in [0.5, 0.6) is 0 Å². The number of aliphatic carboxylic acids is 2. The summed E-state index contributed by atoms with van der Waals surface area (Å²) < 4.78 is 12.9. The number of nitrogens with zero attached hydrogens (tertiary/aromatic N) is 5. The number of para-hydroxylation sites is 1. The van der Waals surface area contributed by atoms with Crippen molar-refractivity contribution < 1.29 is 24.2 Å². The van der Waals surface area contributed by atoms with Gasteiger partial charge in [-0.05, 0) is 37.4 Å². The number of carboxylic acids is 2. The Kier molecular flexibility index (Phi) is 10.3. The van der Waals surface area contributed by atoms with Crippen LogP contribution in [0.3, 0.4) is 0 Å². The van der Waals surface area contributed by atoms with Crippen LogP contribution in [0.4, 0.5) is 16.0 Å². The zero-order chi connectivity index (χ0) is 25.8. The number of benzene rings is 1. The van der Waals surface area contributed by atoms with Crippen molar-refractivity contribution in [3.05, 3.63) is 60.2 Å². The minimum Gasteiger partial charge on any atom is -0.478 e.